The number of rotatable bonds is 3. The minimum atomic E-state index is -0.510. The van der Waals surface area contributed by atoms with Crippen LogP contribution in [0.15, 0.2) is 35.8 Å². The third kappa shape index (κ3) is 2.71. The van der Waals surface area contributed by atoms with Crippen molar-refractivity contribution in [1.82, 2.24) is 10.3 Å². The molecule has 1 heterocycles. The first-order chi connectivity index (χ1) is 8.50. The fraction of sp³-hybridized carbons (Fsp3) is 0.231. The molecule has 1 N–H and O–H groups in total. The second-order valence-corrected chi connectivity index (χ2v) is 5.70. The van der Waals surface area contributed by atoms with Crippen molar-refractivity contribution in [2.24, 2.45) is 0 Å². The molecule has 0 radical (unpaired) electrons. The van der Waals surface area contributed by atoms with Crippen LogP contribution in [-0.2, 0) is 5.54 Å². The molecular formula is C13H13ClN2OS. The van der Waals surface area contributed by atoms with Gasteiger partial charge in [-0.15, -0.1) is 11.3 Å². The third-order valence-electron chi connectivity index (χ3n) is 2.51. The highest BCUT2D eigenvalue weighted by Gasteiger charge is 2.26. The van der Waals surface area contributed by atoms with Crippen molar-refractivity contribution in [2.75, 3.05) is 0 Å². The Morgan fingerprint density at radius 2 is 2.11 bits per heavy atom. The number of hydrogen-bond acceptors (Lipinski definition) is 3. The quantitative estimate of drug-likeness (QED) is 0.935. The van der Waals surface area contributed by atoms with Crippen LogP contribution in [0.1, 0.15) is 29.2 Å². The lowest BCUT2D eigenvalue weighted by atomic mass is 10.1. The lowest BCUT2D eigenvalue weighted by molar-refractivity contribution is 0.0912. The number of aromatic nitrogens is 1. The molecule has 0 spiro atoms. The van der Waals surface area contributed by atoms with E-state index in [0.29, 0.717) is 10.6 Å². The lowest BCUT2D eigenvalue weighted by Crippen LogP contribution is -2.41. The van der Waals surface area contributed by atoms with Gasteiger partial charge in [0.25, 0.3) is 5.91 Å². The van der Waals surface area contributed by atoms with Crippen LogP contribution in [0.3, 0.4) is 0 Å². The second kappa shape index (κ2) is 5.08. The molecule has 0 saturated heterocycles. The number of nitrogens with one attached hydrogen (secondary N) is 1. The van der Waals surface area contributed by atoms with Gasteiger partial charge in [-0.3, -0.25) is 4.79 Å². The molecule has 1 aromatic carbocycles. The van der Waals surface area contributed by atoms with Crippen LogP contribution in [0.2, 0.25) is 5.02 Å². The predicted octanol–water partition coefficient (Wildman–Crippen LogP) is 3.46. The SMILES string of the molecule is CC(C)(NC(=O)c1ccccc1Cl)c1nccs1. The van der Waals surface area contributed by atoms with Crippen LogP contribution in [0.5, 0.6) is 0 Å². The number of nitrogens with zero attached hydrogens (tertiary/aromatic N) is 1. The molecule has 0 aliphatic rings. The van der Waals surface area contributed by atoms with Crippen molar-refractivity contribution in [3.63, 3.8) is 0 Å². The zero-order valence-electron chi connectivity index (χ0n) is 10.1. The lowest BCUT2D eigenvalue weighted by Gasteiger charge is -2.24. The highest BCUT2D eigenvalue weighted by Crippen LogP contribution is 2.23. The average Bonchev–Trinajstić information content (AvgIpc) is 2.82. The molecule has 2 aromatic rings. The van der Waals surface area contributed by atoms with E-state index in [0.717, 1.165) is 5.01 Å². The molecule has 0 unspecified atom stereocenters. The largest absolute Gasteiger partial charge is 0.341 e. The summed E-state index contributed by atoms with van der Waals surface area (Å²) in [5.74, 6) is -0.194. The van der Waals surface area contributed by atoms with Crippen molar-refractivity contribution in [3.05, 3.63) is 51.4 Å². The summed E-state index contributed by atoms with van der Waals surface area (Å²) in [6.45, 7) is 3.83. The van der Waals surface area contributed by atoms with Crippen LogP contribution in [0.4, 0.5) is 0 Å². The van der Waals surface area contributed by atoms with E-state index < -0.39 is 5.54 Å². The van der Waals surface area contributed by atoms with E-state index in [4.69, 9.17) is 11.6 Å². The summed E-state index contributed by atoms with van der Waals surface area (Å²) in [4.78, 5) is 16.4. The van der Waals surface area contributed by atoms with Crippen LogP contribution in [0.25, 0.3) is 0 Å². The molecule has 1 aromatic heterocycles. The number of amides is 1. The first-order valence-corrected chi connectivity index (χ1v) is 6.73. The van der Waals surface area contributed by atoms with E-state index in [9.17, 15) is 4.79 Å². The number of thiazole rings is 1. The first kappa shape index (κ1) is 13.1. The Kier molecular flexibility index (Phi) is 3.68. The van der Waals surface area contributed by atoms with Gasteiger partial charge in [0.05, 0.1) is 16.1 Å². The van der Waals surface area contributed by atoms with Gasteiger partial charge < -0.3 is 5.32 Å². The van der Waals surface area contributed by atoms with Gasteiger partial charge >= 0.3 is 0 Å². The van der Waals surface area contributed by atoms with Crippen LogP contribution < -0.4 is 5.32 Å². The number of carbonyl (C=O) groups excluding carboxylic acids is 1. The van der Waals surface area contributed by atoms with E-state index in [1.165, 1.54) is 11.3 Å². The van der Waals surface area contributed by atoms with Gasteiger partial charge in [-0.25, -0.2) is 4.98 Å². The Balaban J connectivity index is 2.20. The standard InChI is InChI=1S/C13H13ClN2OS/c1-13(2,12-15-7-8-18-12)16-11(17)9-5-3-4-6-10(9)14/h3-8H,1-2H3,(H,16,17). The van der Waals surface area contributed by atoms with Crippen molar-refractivity contribution in [3.8, 4) is 0 Å². The molecule has 0 atom stereocenters. The monoisotopic (exact) mass is 280 g/mol. The molecule has 5 heteroatoms. The molecule has 2 rings (SSSR count). The third-order valence-corrected chi connectivity index (χ3v) is 3.94. The van der Waals surface area contributed by atoms with Gasteiger partial charge in [0, 0.05) is 11.6 Å². The van der Waals surface area contributed by atoms with Crippen LogP contribution in [0, 0.1) is 0 Å². The Hall–Kier alpha value is -1.39. The summed E-state index contributed by atoms with van der Waals surface area (Å²) in [6, 6.07) is 6.99. The van der Waals surface area contributed by atoms with Crippen molar-refractivity contribution >= 4 is 28.8 Å². The molecule has 0 aliphatic carbocycles. The summed E-state index contributed by atoms with van der Waals surface area (Å²) in [6.07, 6.45) is 1.73. The van der Waals surface area contributed by atoms with Gasteiger partial charge in [0.2, 0.25) is 0 Å². The second-order valence-electron chi connectivity index (χ2n) is 4.40. The summed E-state index contributed by atoms with van der Waals surface area (Å²) in [5, 5.41) is 6.14. The summed E-state index contributed by atoms with van der Waals surface area (Å²) < 4.78 is 0. The summed E-state index contributed by atoms with van der Waals surface area (Å²) >= 11 is 7.51. The van der Waals surface area contributed by atoms with Gasteiger partial charge in [-0.05, 0) is 26.0 Å². The predicted molar refractivity (Wildman–Crippen MR) is 74.1 cm³/mol. The van der Waals surface area contributed by atoms with E-state index in [1.54, 1.807) is 30.5 Å². The van der Waals surface area contributed by atoms with Crippen molar-refractivity contribution in [1.29, 1.82) is 0 Å². The molecule has 18 heavy (non-hydrogen) atoms. The zero-order valence-corrected chi connectivity index (χ0v) is 11.7. The molecule has 0 bridgehead atoms. The number of hydrogen-bond donors (Lipinski definition) is 1. The van der Waals surface area contributed by atoms with E-state index in [-0.39, 0.29) is 5.91 Å². The maximum atomic E-state index is 12.2. The molecule has 0 aliphatic heterocycles. The highest BCUT2D eigenvalue weighted by atomic mass is 35.5. The van der Waals surface area contributed by atoms with Gasteiger partial charge in [0.1, 0.15) is 5.01 Å². The summed E-state index contributed by atoms with van der Waals surface area (Å²) in [5.41, 5.74) is -0.0338. The Morgan fingerprint density at radius 1 is 1.39 bits per heavy atom. The smallest absolute Gasteiger partial charge is 0.253 e. The molecular weight excluding hydrogens is 268 g/mol. The topological polar surface area (TPSA) is 42.0 Å². The maximum Gasteiger partial charge on any atom is 0.253 e. The highest BCUT2D eigenvalue weighted by molar-refractivity contribution is 7.09. The van der Waals surface area contributed by atoms with Crippen molar-refractivity contribution in [2.45, 2.75) is 19.4 Å². The number of halogens is 1. The average molecular weight is 281 g/mol. The Labute approximate surface area is 115 Å². The first-order valence-electron chi connectivity index (χ1n) is 5.48. The normalized spacial score (nSPS) is 11.3. The van der Waals surface area contributed by atoms with E-state index in [2.05, 4.69) is 10.3 Å². The van der Waals surface area contributed by atoms with E-state index in [1.807, 2.05) is 19.2 Å². The maximum absolute atomic E-state index is 12.2. The molecule has 3 nitrogen and oxygen atoms in total. The Morgan fingerprint density at radius 3 is 2.72 bits per heavy atom. The molecule has 1 amide bonds. The van der Waals surface area contributed by atoms with Crippen LogP contribution >= 0.6 is 22.9 Å². The fourth-order valence-corrected chi connectivity index (χ4v) is 2.52. The van der Waals surface area contributed by atoms with Gasteiger partial charge in [-0.1, -0.05) is 23.7 Å². The summed E-state index contributed by atoms with van der Waals surface area (Å²) in [7, 11) is 0. The zero-order chi connectivity index (χ0) is 13.2. The minimum absolute atomic E-state index is 0.194. The van der Waals surface area contributed by atoms with Gasteiger partial charge in [-0.2, -0.15) is 0 Å². The Bertz CT molecular complexity index is 552. The van der Waals surface area contributed by atoms with Crippen molar-refractivity contribution < 1.29 is 4.79 Å². The molecule has 0 fully saturated rings. The number of benzene rings is 1. The fourth-order valence-electron chi connectivity index (χ4n) is 1.58. The van der Waals surface area contributed by atoms with Crippen LogP contribution in [-0.4, -0.2) is 10.9 Å². The van der Waals surface area contributed by atoms with Gasteiger partial charge in [0.15, 0.2) is 0 Å². The molecule has 94 valence electrons. The molecule has 0 saturated carbocycles. The van der Waals surface area contributed by atoms with E-state index >= 15 is 0 Å². The number of carbonyl (C=O) groups is 1. The minimum Gasteiger partial charge on any atom is -0.341 e.